The summed E-state index contributed by atoms with van der Waals surface area (Å²) in [6.45, 7) is 1.98. The Bertz CT molecular complexity index is 920. The molecule has 126 valence electrons. The van der Waals surface area contributed by atoms with E-state index in [9.17, 15) is 9.59 Å². The molecule has 3 aromatic carbocycles. The van der Waals surface area contributed by atoms with E-state index in [1.165, 1.54) is 11.8 Å². The number of fused-ring (bicyclic) bond motifs is 1. The Kier molecular flexibility index (Phi) is 5.51. The number of thioether (sulfide) groups is 1. The summed E-state index contributed by atoms with van der Waals surface area (Å²) >= 11 is 1.33. The molecule has 0 saturated carbocycles. The van der Waals surface area contributed by atoms with Crippen LogP contribution in [0.3, 0.4) is 0 Å². The predicted octanol–water partition coefficient (Wildman–Crippen LogP) is 4.70. The fourth-order valence-electron chi connectivity index (χ4n) is 2.60. The van der Waals surface area contributed by atoms with Gasteiger partial charge in [0.2, 0.25) is 5.91 Å². The first-order valence-electron chi connectivity index (χ1n) is 8.08. The smallest absolute Gasteiger partial charge is 0.234 e. The van der Waals surface area contributed by atoms with Crippen LogP contribution in [0.5, 0.6) is 0 Å². The van der Waals surface area contributed by atoms with Crippen LogP contribution < -0.4 is 5.32 Å². The number of anilines is 1. The van der Waals surface area contributed by atoms with Crippen LogP contribution in [0.4, 0.5) is 5.69 Å². The van der Waals surface area contributed by atoms with Crippen LogP contribution in [-0.2, 0) is 4.79 Å². The third-order valence-electron chi connectivity index (χ3n) is 3.84. The topological polar surface area (TPSA) is 46.2 Å². The lowest BCUT2D eigenvalue weighted by molar-refractivity contribution is -0.113. The van der Waals surface area contributed by atoms with E-state index < -0.39 is 0 Å². The molecule has 0 aliphatic carbocycles. The molecule has 25 heavy (non-hydrogen) atoms. The Labute approximate surface area is 151 Å². The van der Waals surface area contributed by atoms with Crippen molar-refractivity contribution in [3.63, 3.8) is 0 Å². The quantitative estimate of drug-likeness (QED) is 0.656. The molecule has 0 atom stereocenters. The van der Waals surface area contributed by atoms with Crippen molar-refractivity contribution < 1.29 is 9.59 Å². The van der Waals surface area contributed by atoms with Gasteiger partial charge in [0.1, 0.15) is 0 Å². The number of Topliss-reactive ketones (excluding diaryl/α,β-unsaturated/α-hetero) is 1. The van der Waals surface area contributed by atoms with Crippen molar-refractivity contribution in [3.8, 4) is 0 Å². The van der Waals surface area contributed by atoms with Gasteiger partial charge in [0.15, 0.2) is 5.78 Å². The first kappa shape index (κ1) is 17.2. The maximum absolute atomic E-state index is 12.3. The summed E-state index contributed by atoms with van der Waals surface area (Å²) in [4.78, 5) is 24.3. The van der Waals surface area contributed by atoms with E-state index in [1.807, 2.05) is 73.7 Å². The summed E-state index contributed by atoms with van der Waals surface area (Å²) in [6.07, 6.45) is 0. The normalized spacial score (nSPS) is 10.6. The van der Waals surface area contributed by atoms with Crippen LogP contribution in [0.25, 0.3) is 10.8 Å². The first-order chi connectivity index (χ1) is 12.1. The Morgan fingerprint density at radius 3 is 2.48 bits per heavy atom. The molecule has 0 heterocycles. The second kappa shape index (κ2) is 7.99. The van der Waals surface area contributed by atoms with Gasteiger partial charge in [0.25, 0.3) is 0 Å². The molecule has 3 nitrogen and oxygen atoms in total. The van der Waals surface area contributed by atoms with Gasteiger partial charge in [-0.1, -0.05) is 48.5 Å². The van der Waals surface area contributed by atoms with Crippen molar-refractivity contribution in [3.05, 3.63) is 77.9 Å². The van der Waals surface area contributed by atoms with E-state index in [1.54, 1.807) is 0 Å². The number of hydrogen-bond acceptors (Lipinski definition) is 3. The number of aryl methyl sites for hydroxylation is 1. The van der Waals surface area contributed by atoms with Crippen molar-refractivity contribution in [2.45, 2.75) is 6.92 Å². The lowest BCUT2D eigenvalue weighted by atomic mass is 10.1. The van der Waals surface area contributed by atoms with Crippen molar-refractivity contribution in [1.29, 1.82) is 0 Å². The van der Waals surface area contributed by atoms with Gasteiger partial charge in [-0.3, -0.25) is 9.59 Å². The highest BCUT2D eigenvalue weighted by Crippen LogP contribution is 2.17. The third-order valence-corrected chi connectivity index (χ3v) is 4.77. The predicted molar refractivity (Wildman–Crippen MR) is 105 cm³/mol. The number of rotatable bonds is 6. The number of amides is 1. The van der Waals surface area contributed by atoms with E-state index >= 15 is 0 Å². The summed E-state index contributed by atoms with van der Waals surface area (Å²) in [5.74, 6) is 0.494. The summed E-state index contributed by atoms with van der Waals surface area (Å²) in [6, 6.07) is 21.3. The Morgan fingerprint density at radius 2 is 1.68 bits per heavy atom. The molecule has 0 saturated heterocycles. The Hall–Kier alpha value is -2.59. The van der Waals surface area contributed by atoms with Crippen LogP contribution in [0.1, 0.15) is 15.9 Å². The number of ketones is 1. The van der Waals surface area contributed by atoms with Crippen molar-refractivity contribution >= 4 is 39.9 Å². The molecule has 0 aliphatic heterocycles. The molecular formula is C21H19NO2S. The SMILES string of the molecule is Cc1cccc(NC(=O)CSCC(=O)c2ccc3ccccc3c2)c1. The number of benzene rings is 3. The summed E-state index contributed by atoms with van der Waals surface area (Å²) in [5, 5.41) is 5.02. The average Bonchev–Trinajstić information content (AvgIpc) is 2.61. The van der Waals surface area contributed by atoms with Gasteiger partial charge in [-0.2, -0.15) is 0 Å². The van der Waals surface area contributed by atoms with Gasteiger partial charge < -0.3 is 5.32 Å². The second-order valence-electron chi connectivity index (χ2n) is 5.90. The molecule has 0 aromatic heterocycles. The Morgan fingerprint density at radius 1 is 0.880 bits per heavy atom. The maximum atomic E-state index is 12.3. The number of nitrogens with one attached hydrogen (secondary N) is 1. The van der Waals surface area contributed by atoms with Crippen LogP contribution in [0.2, 0.25) is 0 Å². The lowest BCUT2D eigenvalue weighted by Crippen LogP contribution is -2.15. The molecule has 0 spiro atoms. The van der Waals surface area contributed by atoms with Crippen LogP contribution >= 0.6 is 11.8 Å². The monoisotopic (exact) mass is 349 g/mol. The Balaban J connectivity index is 1.52. The summed E-state index contributed by atoms with van der Waals surface area (Å²) < 4.78 is 0. The summed E-state index contributed by atoms with van der Waals surface area (Å²) in [7, 11) is 0. The molecular weight excluding hydrogens is 330 g/mol. The fourth-order valence-corrected chi connectivity index (χ4v) is 3.31. The minimum atomic E-state index is -0.0955. The number of carbonyl (C=O) groups is 2. The molecule has 1 amide bonds. The van der Waals surface area contributed by atoms with Gasteiger partial charge in [0, 0.05) is 11.3 Å². The highest BCUT2D eigenvalue weighted by molar-refractivity contribution is 8.00. The molecule has 0 unspecified atom stereocenters. The van der Waals surface area contributed by atoms with E-state index in [-0.39, 0.29) is 17.4 Å². The van der Waals surface area contributed by atoms with E-state index in [0.29, 0.717) is 11.3 Å². The maximum Gasteiger partial charge on any atom is 0.234 e. The zero-order valence-corrected chi connectivity index (χ0v) is 14.8. The van der Waals surface area contributed by atoms with Gasteiger partial charge in [-0.15, -0.1) is 11.8 Å². The molecule has 0 bridgehead atoms. The fraction of sp³-hybridized carbons (Fsp3) is 0.143. The van der Waals surface area contributed by atoms with Crippen LogP contribution in [-0.4, -0.2) is 23.2 Å². The highest BCUT2D eigenvalue weighted by atomic mass is 32.2. The van der Waals surface area contributed by atoms with Crippen molar-refractivity contribution in [2.24, 2.45) is 0 Å². The largest absolute Gasteiger partial charge is 0.325 e. The third kappa shape index (κ3) is 4.70. The molecule has 0 radical (unpaired) electrons. The van der Waals surface area contributed by atoms with Gasteiger partial charge >= 0.3 is 0 Å². The molecule has 1 N–H and O–H groups in total. The molecule has 4 heteroatoms. The van der Waals surface area contributed by atoms with Crippen LogP contribution in [0.15, 0.2) is 66.7 Å². The zero-order chi connectivity index (χ0) is 17.6. The van der Waals surface area contributed by atoms with Crippen LogP contribution in [0, 0.1) is 6.92 Å². The highest BCUT2D eigenvalue weighted by Gasteiger charge is 2.09. The molecule has 3 aromatic rings. The minimum absolute atomic E-state index is 0.0408. The van der Waals surface area contributed by atoms with E-state index in [0.717, 1.165) is 22.0 Å². The zero-order valence-electron chi connectivity index (χ0n) is 14.0. The van der Waals surface area contributed by atoms with E-state index in [2.05, 4.69) is 5.32 Å². The summed E-state index contributed by atoms with van der Waals surface area (Å²) in [5.41, 5.74) is 2.56. The number of carbonyl (C=O) groups excluding carboxylic acids is 2. The first-order valence-corrected chi connectivity index (χ1v) is 9.23. The van der Waals surface area contributed by atoms with Crippen molar-refractivity contribution in [1.82, 2.24) is 0 Å². The standard InChI is InChI=1S/C21H19NO2S/c1-15-5-4-8-19(11-15)22-21(24)14-25-13-20(23)18-10-9-16-6-2-3-7-17(16)12-18/h2-12H,13-14H2,1H3,(H,22,24). The number of hydrogen-bond donors (Lipinski definition) is 1. The molecule has 0 aliphatic rings. The van der Waals surface area contributed by atoms with Gasteiger partial charge in [-0.05, 0) is 41.5 Å². The average molecular weight is 349 g/mol. The van der Waals surface area contributed by atoms with Crippen molar-refractivity contribution in [2.75, 3.05) is 16.8 Å². The second-order valence-corrected chi connectivity index (χ2v) is 6.88. The van der Waals surface area contributed by atoms with Gasteiger partial charge in [-0.25, -0.2) is 0 Å². The molecule has 0 fully saturated rings. The minimum Gasteiger partial charge on any atom is -0.325 e. The van der Waals surface area contributed by atoms with Gasteiger partial charge in [0.05, 0.1) is 11.5 Å². The van der Waals surface area contributed by atoms with E-state index in [4.69, 9.17) is 0 Å². The lowest BCUT2D eigenvalue weighted by Gasteiger charge is -2.06. The molecule has 3 rings (SSSR count).